The highest BCUT2D eigenvalue weighted by Crippen LogP contribution is 2.61. The van der Waals surface area contributed by atoms with Crippen LogP contribution in [0.25, 0.3) is 0 Å². The zero-order chi connectivity index (χ0) is 19.8. The van der Waals surface area contributed by atoms with Crippen molar-refractivity contribution in [2.45, 2.75) is 18.2 Å². The first-order valence-corrected chi connectivity index (χ1v) is 8.98. The summed E-state index contributed by atoms with van der Waals surface area (Å²) in [5, 5.41) is 23.9. The van der Waals surface area contributed by atoms with Crippen molar-refractivity contribution in [3.63, 3.8) is 0 Å². The van der Waals surface area contributed by atoms with Gasteiger partial charge in [-0.15, -0.1) is 0 Å². The summed E-state index contributed by atoms with van der Waals surface area (Å²) in [7, 11) is 0. The third-order valence-electron chi connectivity index (χ3n) is 5.45. The van der Waals surface area contributed by atoms with Gasteiger partial charge in [-0.1, -0.05) is 35.9 Å². The maximum absolute atomic E-state index is 13.2. The van der Waals surface area contributed by atoms with Crippen molar-refractivity contribution in [1.29, 1.82) is 0 Å². The Kier molecular flexibility index (Phi) is 3.27. The molecule has 1 aromatic heterocycles. The van der Waals surface area contributed by atoms with Gasteiger partial charge in [-0.3, -0.25) is 4.79 Å². The van der Waals surface area contributed by atoms with Gasteiger partial charge < -0.3 is 19.5 Å². The summed E-state index contributed by atoms with van der Waals surface area (Å²) in [5.41, 5.74) is -4.82. The number of carbonyl (C=O) groups is 1. The normalized spacial score (nSPS) is 24.9. The largest absolute Gasteiger partial charge is 0.428 e. The van der Waals surface area contributed by atoms with E-state index in [1.807, 2.05) is 0 Å². The van der Waals surface area contributed by atoms with E-state index < -0.39 is 22.7 Å². The molecule has 1 aliphatic carbocycles. The smallest absolute Gasteiger partial charge is 0.344 e. The molecule has 2 aromatic carbocycles. The molecule has 0 spiro atoms. The number of aliphatic hydroxyl groups is 2. The molecule has 140 valence electrons. The second-order valence-corrected chi connectivity index (χ2v) is 7.41. The molecular formula is C21H14ClNO5. The Morgan fingerprint density at radius 2 is 1.71 bits per heavy atom. The fraction of sp³-hybridized carbons (Fsp3) is 0.143. The molecule has 2 unspecified atom stereocenters. The number of halogens is 1. The van der Waals surface area contributed by atoms with Crippen molar-refractivity contribution in [2.24, 2.45) is 0 Å². The number of Topliss-reactive ketones (excluding diaryl/α,β-unsaturated/α-hetero) is 1. The molecule has 2 N–H and O–H groups in total. The molecular weight excluding hydrogens is 382 g/mol. The Hall–Kier alpha value is -2.93. The molecule has 28 heavy (non-hydrogen) atoms. The molecule has 0 saturated heterocycles. The Morgan fingerprint density at radius 3 is 2.43 bits per heavy atom. The second kappa shape index (κ2) is 5.32. The van der Waals surface area contributed by atoms with Crippen LogP contribution < -0.4 is 10.5 Å². The SMILES string of the molecule is Cc1cc2c(c(=O)o1)C1(O)C(=O)c3ccccc3C1(O)N2c1ccc(Cl)cc1. The van der Waals surface area contributed by atoms with E-state index in [1.165, 1.54) is 17.0 Å². The number of fused-ring (bicyclic) bond motifs is 5. The van der Waals surface area contributed by atoms with Crippen molar-refractivity contribution in [3.8, 4) is 0 Å². The van der Waals surface area contributed by atoms with Crippen molar-refractivity contribution >= 4 is 28.8 Å². The van der Waals surface area contributed by atoms with E-state index in [0.29, 0.717) is 10.7 Å². The van der Waals surface area contributed by atoms with E-state index >= 15 is 0 Å². The quantitative estimate of drug-likeness (QED) is 0.658. The van der Waals surface area contributed by atoms with E-state index in [1.54, 1.807) is 49.4 Å². The maximum Gasteiger partial charge on any atom is 0.344 e. The number of nitrogens with zero attached hydrogens (tertiary/aromatic N) is 1. The molecule has 3 aromatic rings. The highest BCUT2D eigenvalue weighted by Gasteiger charge is 2.73. The van der Waals surface area contributed by atoms with Gasteiger partial charge in [0, 0.05) is 27.9 Å². The molecule has 0 amide bonds. The van der Waals surface area contributed by atoms with Crippen LogP contribution in [0.5, 0.6) is 0 Å². The minimum atomic E-state index is -2.50. The minimum Gasteiger partial charge on any atom is -0.428 e. The number of ketones is 1. The highest BCUT2D eigenvalue weighted by atomic mass is 35.5. The number of aryl methyl sites for hydroxylation is 1. The van der Waals surface area contributed by atoms with Crippen LogP contribution in [-0.2, 0) is 11.3 Å². The second-order valence-electron chi connectivity index (χ2n) is 6.97. The van der Waals surface area contributed by atoms with Gasteiger partial charge in [0.1, 0.15) is 11.3 Å². The molecule has 0 radical (unpaired) electrons. The van der Waals surface area contributed by atoms with Crippen LogP contribution in [0.3, 0.4) is 0 Å². The standard InChI is InChI=1S/C21H14ClNO5/c1-11-10-16-17(19(25)28-11)20(26)18(24)14-4-2-3-5-15(14)21(20,27)23(16)13-8-6-12(22)7-9-13/h2-10,26-27H,1H3. The van der Waals surface area contributed by atoms with E-state index in [-0.39, 0.29) is 28.1 Å². The number of hydrogen-bond acceptors (Lipinski definition) is 6. The van der Waals surface area contributed by atoms with Crippen molar-refractivity contribution in [1.82, 2.24) is 0 Å². The molecule has 7 heteroatoms. The molecule has 0 saturated carbocycles. The van der Waals surface area contributed by atoms with Crippen LogP contribution in [0.1, 0.15) is 27.2 Å². The lowest BCUT2D eigenvalue weighted by Crippen LogP contribution is -2.54. The molecule has 5 rings (SSSR count). The fourth-order valence-electron chi connectivity index (χ4n) is 4.30. The summed E-state index contributed by atoms with van der Waals surface area (Å²) in [6.45, 7) is 1.58. The average Bonchev–Trinajstić information content (AvgIpc) is 2.97. The van der Waals surface area contributed by atoms with Crippen LogP contribution in [0.2, 0.25) is 5.02 Å². The van der Waals surface area contributed by atoms with Crippen LogP contribution >= 0.6 is 11.6 Å². The van der Waals surface area contributed by atoms with E-state index in [9.17, 15) is 19.8 Å². The van der Waals surface area contributed by atoms with E-state index in [0.717, 1.165) is 0 Å². The Morgan fingerprint density at radius 1 is 1.04 bits per heavy atom. The number of rotatable bonds is 1. The minimum absolute atomic E-state index is 0.150. The maximum atomic E-state index is 13.2. The summed E-state index contributed by atoms with van der Waals surface area (Å²) in [6, 6.07) is 14.4. The van der Waals surface area contributed by atoms with Crippen molar-refractivity contribution in [2.75, 3.05) is 4.90 Å². The predicted octanol–water partition coefficient (Wildman–Crippen LogP) is 2.98. The Balaban J connectivity index is 1.93. The molecule has 2 heterocycles. The lowest BCUT2D eigenvalue weighted by Gasteiger charge is -2.38. The monoisotopic (exact) mass is 395 g/mol. The first-order valence-electron chi connectivity index (χ1n) is 8.60. The first-order chi connectivity index (χ1) is 13.3. The van der Waals surface area contributed by atoms with Crippen LogP contribution in [0.4, 0.5) is 11.4 Å². The first kappa shape index (κ1) is 17.2. The molecule has 2 aliphatic rings. The highest BCUT2D eigenvalue weighted by molar-refractivity contribution is 6.30. The summed E-state index contributed by atoms with van der Waals surface area (Å²) in [4.78, 5) is 27.3. The van der Waals surface area contributed by atoms with Gasteiger partial charge in [0.25, 0.3) is 0 Å². The van der Waals surface area contributed by atoms with Gasteiger partial charge in [0.2, 0.25) is 17.1 Å². The fourth-order valence-corrected chi connectivity index (χ4v) is 4.43. The zero-order valence-electron chi connectivity index (χ0n) is 14.6. The Labute approximate surface area is 164 Å². The van der Waals surface area contributed by atoms with Crippen LogP contribution in [0.15, 0.2) is 63.8 Å². The number of benzene rings is 2. The van der Waals surface area contributed by atoms with Gasteiger partial charge >= 0.3 is 5.63 Å². The van der Waals surface area contributed by atoms with Gasteiger partial charge in [-0.05, 0) is 31.2 Å². The number of hydrogen-bond donors (Lipinski definition) is 2. The van der Waals surface area contributed by atoms with Gasteiger partial charge in [-0.25, -0.2) is 4.79 Å². The van der Waals surface area contributed by atoms with E-state index in [2.05, 4.69) is 0 Å². The molecule has 0 bridgehead atoms. The van der Waals surface area contributed by atoms with Crippen LogP contribution in [0, 0.1) is 6.92 Å². The topological polar surface area (TPSA) is 91.0 Å². The molecule has 6 nitrogen and oxygen atoms in total. The summed E-state index contributed by atoms with van der Waals surface area (Å²) in [6.07, 6.45) is 0. The molecule has 0 fully saturated rings. The van der Waals surface area contributed by atoms with Crippen LogP contribution in [-0.4, -0.2) is 16.0 Å². The third kappa shape index (κ3) is 1.80. The zero-order valence-corrected chi connectivity index (χ0v) is 15.4. The van der Waals surface area contributed by atoms with Gasteiger partial charge in [-0.2, -0.15) is 0 Å². The summed E-state index contributed by atoms with van der Waals surface area (Å²) >= 11 is 6.00. The summed E-state index contributed by atoms with van der Waals surface area (Å²) in [5.74, 6) is -0.463. The van der Waals surface area contributed by atoms with Gasteiger partial charge in [0.15, 0.2) is 0 Å². The number of anilines is 2. The molecule has 2 atom stereocenters. The lowest BCUT2D eigenvalue weighted by molar-refractivity contribution is -0.114. The van der Waals surface area contributed by atoms with E-state index in [4.69, 9.17) is 16.0 Å². The van der Waals surface area contributed by atoms with Gasteiger partial charge in [0.05, 0.1) is 5.69 Å². The molecule has 1 aliphatic heterocycles. The van der Waals surface area contributed by atoms with Crippen molar-refractivity contribution in [3.05, 3.63) is 92.5 Å². The predicted molar refractivity (Wildman–Crippen MR) is 102 cm³/mol. The Bertz CT molecular complexity index is 1220. The summed E-state index contributed by atoms with van der Waals surface area (Å²) < 4.78 is 5.16. The lowest BCUT2D eigenvalue weighted by atomic mass is 9.87. The average molecular weight is 396 g/mol. The third-order valence-corrected chi connectivity index (χ3v) is 5.70. The van der Waals surface area contributed by atoms with Crippen molar-refractivity contribution < 1.29 is 19.4 Å². The number of carbonyl (C=O) groups excluding carboxylic acids is 1.